The van der Waals surface area contributed by atoms with E-state index in [0.29, 0.717) is 162 Å². The first-order chi connectivity index (χ1) is 43.6. The van der Waals surface area contributed by atoms with Crippen LogP contribution in [0.15, 0.2) is 141 Å². The summed E-state index contributed by atoms with van der Waals surface area (Å²) < 4.78 is 40.0. The number of benzene rings is 4. The molecule has 9 aliphatic rings. The highest BCUT2D eigenvalue weighted by molar-refractivity contribution is 6.08. The van der Waals surface area contributed by atoms with E-state index in [1.807, 2.05) is 72.8 Å². The van der Waals surface area contributed by atoms with Gasteiger partial charge in [-0.1, -0.05) is 119 Å². The standard InChI is InChI=1S/C81H90O12/c1-43-52(40-88-49-22-16-46(17-23-49)67-70-55(82)28-76(4,5)34-61(70)91-62-35-77(6,7)29-56(83)71(62)67)44(2)54(42-90-51-26-20-48(21-27-51)69-74-59(86)32-80(12,13)38-65(74)93-66-39-81(14,15)33-60(87)75(66)69)45(3)53(43)41-89-50-24-18-47(19-25-50)68-72-57(84)30-78(8,9)36-63(72)92-64-37-79(10,11)31-58(85)73(64)68/h16-27,67-69H,28-42H2,1-15H3. The molecule has 0 radical (unpaired) electrons. The van der Waals surface area contributed by atoms with E-state index in [0.717, 1.165) is 50.1 Å². The van der Waals surface area contributed by atoms with E-state index in [-0.39, 0.29) is 87.0 Å². The van der Waals surface area contributed by atoms with Gasteiger partial charge in [-0.05, 0) is 140 Å². The molecule has 0 N–H and O–H groups in total. The summed E-state index contributed by atoms with van der Waals surface area (Å²) in [5.74, 6) is 4.49. The van der Waals surface area contributed by atoms with E-state index in [4.69, 9.17) is 28.4 Å². The zero-order chi connectivity index (χ0) is 66.4. The number of hydrogen-bond donors (Lipinski definition) is 0. The Morgan fingerprint density at radius 1 is 0.290 bits per heavy atom. The Morgan fingerprint density at radius 2 is 0.462 bits per heavy atom. The van der Waals surface area contributed by atoms with Crippen molar-refractivity contribution in [1.29, 1.82) is 0 Å². The van der Waals surface area contributed by atoms with E-state index in [1.165, 1.54) is 0 Å². The Balaban J connectivity index is 0.808. The van der Waals surface area contributed by atoms with Crippen molar-refractivity contribution >= 4 is 34.7 Å². The number of Topliss-reactive ketones (excluding diaryl/α,β-unsaturated/α-hetero) is 6. The van der Waals surface area contributed by atoms with Crippen LogP contribution in [0, 0.1) is 53.3 Å². The maximum absolute atomic E-state index is 14.1. The van der Waals surface area contributed by atoms with Crippen LogP contribution in [0.4, 0.5) is 0 Å². The molecule has 0 spiro atoms. The number of carbonyl (C=O) groups excluding carboxylic acids is 6. The average molecular weight is 1260 g/mol. The maximum Gasteiger partial charge on any atom is 0.163 e. The number of carbonyl (C=O) groups is 6. The second-order valence-electron chi connectivity index (χ2n) is 33.2. The molecule has 3 heterocycles. The number of ether oxygens (including phenoxy) is 6. The lowest BCUT2D eigenvalue weighted by Crippen LogP contribution is -2.37. The summed E-state index contributed by atoms with van der Waals surface area (Å²) in [5, 5.41) is 0. The molecule has 0 atom stereocenters. The molecule has 93 heavy (non-hydrogen) atoms. The molecule has 0 unspecified atom stereocenters. The molecular formula is C81H90O12. The molecule has 0 saturated carbocycles. The van der Waals surface area contributed by atoms with Crippen molar-refractivity contribution in [3.05, 3.63) is 191 Å². The van der Waals surface area contributed by atoms with Gasteiger partial charge in [0.2, 0.25) is 0 Å². The van der Waals surface area contributed by atoms with Crippen LogP contribution in [-0.4, -0.2) is 34.7 Å². The lowest BCUT2D eigenvalue weighted by molar-refractivity contribution is -0.122. The fourth-order valence-electron chi connectivity index (χ4n) is 16.8. The molecule has 12 nitrogen and oxygen atoms in total. The van der Waals surface area contributed by atoms with Crippen LogP contribution in [0.3, 0.4) is 0 Å². The summed E-state index contributed by atoms with van der Waals surface area (Å²) in [6.07, 6.45) is 5.94. The van der Waals surface area contributed by atoms with Gasteiger partial charge in [0, 0.05) is 128 Å². The van der Waals surface area contributed by atoms with Gasteiger partial charge in [-0.15, -0.1) is 0 Å². The molecule has 6 aliphatic carbocycles. The smallest absolute Gasteiger partial charge is 0.163 e. The van der Waals surface area contributed by atoms with Gasteiger partial charge in [0.1, 0.15) is 71.6 Å². The summed E-state index contributed by atoms with van der Waals surface area (Å²) >= 11 is 0. The van der Waals surface area contributed by atoms with Crippen LogP contribution in [-0.2, 0) is 62.8 Å². The highest BCUT2D eigenvalue weighted by Crippen LogP contribution is 2.57. The molecule has 0 amide bonds. The van der Waals surface area contributed by atoms with Crippen molar-refractivity contribution in [3.63, 3.8) is 0 Å². The molecule has 13 rings (SSSR count). The number of hydrogen-bond acceptors (Lipinski definition) is 12. The van der Waals surface area contributed by atoms with Crippen molar-refractivity contribution in [3.8, 4) is 17.2 Å². The maximum atomic E-state index is 14.1. The molecule has 4 aromatic carbocycles. The Kier molecular flexibility index (Phi) is 15.6. The summed E-state index contributed by atoms with van der Waals surface area (Å²) in [6, 6.07) is 23.4. The van der Waals surface area contributed by atoms with Crippen molar-refractivity contribution in [2.24, 2.45) is 32.5 Å². The SMILES string of the molecule is Cc1c(COc2ccc(C3C4=C(CC(C)(C)CC4=O)OC4=C3C(=O)CC(C)(C)C4)cc2)c(C)c(COc2ccc(C3C4=C(CC(C)(C)CC4=O)OC4=C3C(=O)CC(C)(C)C4)cc2)c(C)c1COc1ccc(C2C3=C(CC(C)(C)CC3=O)OC3=C2C(=O)CC(C)(C)C3)cc1. The Morgan fingerprint density at radius 3 is 0.634 bits per heavy atom. The van der Waals surface area contributed by atoms with Crippen LogP contribution in [0.2, 0.25) is 0 Å². The van der Waals surface area contributed by atoms with Gasteiger partial charge < -0.3 is 28.4 Å². The molecule has 486 valence electrons. The largest absolute Gasteiger partial charge is 0.489 e. The second-order valence-corrected chi connectivity index (χ2v) is 33.2. The molecule has 0 aromatic heterocycles. The minimum absolute atomic E-state index is 0.0185. The first-order valence-corrected chi connectivity index (χ1v) is 33.5. The topological polar surface area (TPSA) is 158 Å². The summed E-state index contributed by atoms with van der Waals surface area (Å²) in [5.41, 5.74) is 10.4. The van der Waals surface area contributed by atoms with Gasteiger partial charge >= 0.3 is 0 Å². The predicted octanol–water partition coefficient (Wildman–Crippen LogP) is 17.5. The van der Waals surface area contributed by atoms with Gasteiger partial charge in [-0.3, -0.25) is 28.8 Å². The fraction of sp³-hybridized carbons (Fsp3) is 0.481. The van der Waals surface area contributed by atoms with Gasteiger partial charge in [0.05, 0.1) is 0 Å². The summed E-state index contributed by atoms with van der Waals surface area (Å²) in [7, 11) is 0. The molecule has 12 heteroatoms. The third kappa shape index (κ3) is 12.0. The number of ketones is 6. The minimum atomic E-state index is -0.524. The van der Waals surface area contributed by atoms with Gasteiger partial charge in [-0.25, -0.2) is 0 Å². The predicted molar refractivity (Wildman–Crippen MR) is 355 cm³/mol. The molecule has 0 saturated heterocycles. The molecule has 0 bridgehead atoms. The highest BCUT2D eigenvalue weighted by atomic mass is 16.5. The number of allylic oxidation sites excluding steroid dienone is 12. The van der Waals surface area contributed by atoms with Crippen LogP contribution < -0.4 is 14.2 Å². The lowest BCUT2D eigenvalue weighted by Gasteiger charge is -2.42. The molecule has 4 aromatic rings. The van der Waals surface area contributed by atoms with Crippen LogP contribution >= 0.6 is 0 Å². The van der Waals surface area contributed by atoms with E-state index in [2.05, 4.69) is 104 Å². The summed E-state index contributed by atoms with van der Waals surface area (Å²) in [6.45, 7) is 32.0. The monoisotopic (exact) mass is 1250 g/mol. The van der Waals surface area contributed by atoms with Crippen molar-refractivity contribution < 1.29 is 57.2 Å². The Labute approximate surface area is 548 Å². The molecule has 3 aliphatic heterocycles. The van der Waals surface area contributed by atoms with E-state index < -0.39 is 17.8 Å². The van der Waals surface area contributed by atoms with Crippen LogP contribution in [0.1, 0.15) is 228 Å². The van der Waals surface area contributed by atoms with E-state index in [9.17, 15) is 28.8 Å². The lowest BCUT2D eigenvalue weighted by atomic mass is 9.65. The van der Waals surface area contributed by atoms with Gasteiger partial charge in [-0.2, -0.15) is 0 Å². The first kappa shape index (κ1) is 63.9. The van der Waals surface area contributed by atoms with E-state index in [1.54, 1.807) is 0 Å². The normalized spacial score (nSPS) is 23.1. The van der Waals surface area contributed by atoms with Gasteiger partial charge in [0.15, 0.2) is 34.7 Å². The fourth-order valence-corrected chi connectivity index (χ4v) is 16.8. The van der Waals surface area contributed by atoms with Crippen molar-refractivity contribution in [2.45, 2.75) is 218 Å². The molecule has 0 fully saturated rings. The van der Waals surface area contributed by atoms with Crippen molar-refractivity contribution in [1.82, 2.24) is 0 Å². The Bertz CT molecular complexity index is 3540. The average Bonchev–Trinajstić information content (AvgIpc) is 0.745. The van der Waals surface area contributed by atoms with E-state index >= 15 is 0 Å². The highest BCUT2D eigenvalue weighted by Gasteiger charge is 2.52. The minimum Gasteiger partial charge on any atom is -0.489 e. The second kappa shape index (κ2) is 22.7. The van der Waals surface area contributed by atoms with Crippen molar-refractivity contribution in [2.75, 3.05) is 0 Å². The molecular weight excluding hydrogens is 1160 g/mol. The first-order valence-electron chi connectivity index (χ1n) is 33.5. The van der Waals surface area contributed by atoms with Crippen LogP contribution in [0.5, 0.6) is 17.2 Å². The zero-order valence-corrected chi connectivity index (χ0v) is 57.2. The third-order valence-electron chi connectivity index (χ3n) is 21.3. The van der Waals surface area contributed by atoms with Gasteiger partial charge in [0.25, 0.3) is 0 Å². The number of rotatable bonds is 12. The van der Waals surface area contributed by atoms with Crippen LogP contribution in [0.25, 0.3) is 0 Å². The Hall–Kier alpha value is -7.86. The third-order valence-corrected chi connectivity index (χ3v) is 21.3. The zero-order valence-electron chi connectivity index (χ0n) is 57.2. The quantitative estimate of drug-likeness (QED) is 0.132. The summed E-state index contributed by atoms with van der Waals surface area (Å²) in [4.78, 5) is 84.7.